The number of benzene rings is 1. The van der Waals surface area contributed by atoms with Gasteiger partial charge in [-0.15, -0.1) is 0 Å². The molecule has 1 aromatic carbocycles. The van der Waals surface area contributed by atoms with Gasteiger partial charge in [0.1, 0.15) is 0 Å². The Labute approximate surface area is 155 Å². The molecule has 25 heavy (non-hydrogen) atoms. The number of amides is 2. The predicted octanol–water partition coefficient (Wildman–Crippen LogP) is 3.85. The molecule has 3 rings (SSSR count). The van der Waals surface area contributed by atoms with Crippen molar-refractivity contribution in [1.82, 2.24) is 10.3 Å². The first-order chi connectivity index (χ1) is 11.7. The molecule has 1 saturated carbocycles. The number of thiazole rings is 1. The number of hydrogen-bond donors (Lipinski definition) is 2. The predicted molar refractivity (Wildman–Crippen MR) is 100 cm³/mol. The second-order valence-corrected chi connectivity index (χ2v) is 9.47. The fourth-order valence-corrected chi connectivity index (χ4v) is 4.78. The first-order valence-electron chi connectivity index (χ1n) is 7.79. The molecule has 0 spiro atoms. The lowest BCUT2D eigenvalue weighted by Crippen LogP contribution is -2.41. The van der Waals surface area contributed by atoms with E-state index in [2.05, 4.69) is 15.6 Å². The molecule has 0 bridgehead atoms. The average Bonchev–Trinajstić information content (AvgIpc) is 2.83. The smallest absolute Gasteiger partial charge is 0.321 e. The molecule has 1 heterocycles. The number of halogens is 1. The molecule has 2 N–H and O–H groups in total. The molecule has 0 saturated heterocycles. The summed E-state index contributed by atoms with van der Waals surface area (Å²) in [5.41, 5.74) is 1.41. The zero-order valence-corrected chi connectivity index (χ0v) is 16.2. The van der Waals surface area contributed by atoms with Crippen molar-refractivity contribution in [1.29, 1.82) is 0 Å². The van der Waals surface area contributed by atoms with Crippen molar-refractivity contribution in [2.75, 3.05) is 11.6 Å². The van der Waals surface area contributed by atoms with Gasteiger partial charge in [0.05, 0.1) is 20.5 Å². The van der Waals surface area contributed by atoms with E-state index in [-0.39, 0.29) is 22.0 Å². The van der Waals surface area contributed by atoms with Crippen LogP contribution in [0.1, 0.15) is 25.0 Å². The summed E-state index contributed by atoms with van der Waals surface area (Å²) in [6.07, 6.45) is 4.28. The van der Waals surface area contributed by atoms with Crippen LogP contribution in [-0.4, -0.2) is 31.7 Å². The number of urea groups is 1. The van der Waals surface area contributed by atoms with E-state index < -0.39 is 9.84 Å². The van der Waals surface area contributed by atoms with Crippen molar-refractivity contribution in [3.05, 3.63) is 28.9 Å². The fourth-order valence-electron chi connectivity index (χ4n) is 2.52. The molecule has 0 aliphatic heterocycles. The third kappa shape index (κ3) is 4.13. The number of sulfone groups is 1. The molecule has 1 fully saturated rings. The van der Waals surface area contributed by atoms with Crippen LogP contribution in [0.4, 0.5) is 9.93 Å². The van der Waals surface area contributed by atoms with Gasteiger partial charge >= 0.3 is 6.03 Å². The highest BCUT2D eigenvalue weighted by Gasteiger charge is 2.21. The Hall–Kier alpha value is -1.64. The highest BCUT2D eigenvalue weighted by molar-refractivity contribution is 7.90. The molecule has 1 aliphatic carbocycles. The normalized spacial score (nSPS) is 14.8. The van der Waals surface area contributed by atoms with Crippen LogP contribution in [0, 0.1) is 6.92 Å². The summed E-state index contributed by atoms with van der Waals surface area (Å²) in [5.74, 6) is 0. The first kappa shape index (κ1) is 18.2. The van der Waals surface area contributed by atoms with Crippen LogP contribution in [0.25, 0.3) is 10.4 Å². The number of nitrogens with zero attached hydrogens (tertiary/aromatic N) is 1. The molecular formula is C16H18ClN3O3S2. The summed E-state index contributed by atoms with van der Waals surface area (Å²) in [7, 11) is -3.43. The van der Waals surface area contributed by atoms with Crippen molar-refractivity contribution in [3.8, 4) is 10.4 Å². The standard InChI is InChI=1S/C16H18ClN3O3S2/c1-9-14(10-6-7-12(17)13(8-10)25(2,22)23)24-16(18-9)20-15(21)19-11-4-3-5-11/h6-8,11H,3-5H2,1-2H3,(H2,18,19,20,21). The Morgan fingerprint density at radius 3 is 2.68 bits per heavy atom. The molecule has 6 nitrogen and oxygen atoms in total. The first-order valence-corrected chi connectivity index (χ1v) is 10.9. The van der Waals surface area contributed by atoms with E-state index in [4.69, 9.17) is 11.6 Å². The molecule has 1 aliphatic rings. The van der Waals surface area contributed by atoms with Gasteiger partial charge < -0.3 is 5.32 Å². The number of aromatic nitrogens is 1. The summed E-state index contributed by atoms with van der Waals surface area (Å²) in [6, 6.07) is 4.82. The van der Waals surface area contributed by atoms with E-state index >= 15 is 0 Å². The number of anilines is 1. The van der Waals surface area contributed by atoms with Gasteiger partial charge in [-0.2, -0.15) is 0 Å². The van der Waals surface area contributed by atoms with Crippen LogP contribution < -0.4 is 10.6 Å². The van der Waals surface area contributed by atoms with E-state index in [9.17, 15) is 13.2 Å². The number of rotatable bonds is 4. The Bertz CT molecular complexity index is 921. The lowest BCUT2D eigenvalue weighted by atomic mass is 9.93. The molecule has 134 valence electrons. The lowest BCUT2D eigenvalue weighted by Gasteiger charge is -2.26. The third-order valence-electron chi connectivity index (χ3n) is 4.05. The van der Waals surface area contributed by atoms with Crippen molar-refractivity contribution in [2.45, 2.75) is 37.1 Å². The van der Waals surface area contributed by atoms with Crippen LogP contribution >= 0.6 is 22.9 Å². The summed E-state index contributed by atoms with van der Waals surface area (Å²) >= 11 is 7.29. The summed E-state index contributed by atoms with van der Waals surface area (Å²) in [6.45, 7) is 1.82. The largest absolute Gasteiger partial charge is 0.335 e. The average molecular weight is 400 g/mol. The summed E-state index contributed by atoms with van der Waals surface area (Å²) in [5, 5.41) is 6.29. The molecular weight excluding hydrogens is 382 g/mol. The zero-order valence-electron chi connectivity index (χ0n) is 13.8. The van der Waals surface area contributed by atoms with Gasteiger partial charge in [-0.05, 0) is 43.9 Å². The summed E-state index contributed by atoms with van der Waals surface area (Å²) < 4.78 is 23.7. The van der Waals surface area contributed by atoms with E-state index in [1.807, 2.05) is 6.92 Å². The zero-order chi connectivity index (χ0) is 18.2. The second-order valence-electron chi connectivity index (χ2n) is 6.08. The topological polar surface area (TPSA) is 88.2 Å². The monoisotopic (exact) mass is 399 g/mol. The molecule has 0 radical (unpaired) electrons. The van der Waals surface area contributed by atoms with Gasteiger partial charge in [-0.1, -0.05) is 29.0 Å². The van der Waals surface area contributed by atoms with Crippen molar-refractivity contribution >= 4 is 43.9 Å². The Morgan fingerprint density at radius 1 is 1.36 bits per heavy atom. The molecule has 2 aromatic rings. The van der Waals surface area contributed by atoms with E-state index in [1.54, 1.807) is 12.1 Å². The number of hydrogen-bond acceptors (Lipinski definition) is 5. The molecule has 9 heteroatoms. The second kappa shape index (κ2) is 6.93. The maximum absolute atomic E-state index is 12.0. The highest BCUT2D eigenvalue weighted by atomic mass is 35.5. The molecule has 0 unspecified atom stereocenters. The summed E-state index contributed by atoms with van der Waals surface area (Å²) in [4.78, 5) is 17.2. The Morgan fingerprint density at radius 2 is 2.08 bits per heavy atom. The van der Waals surface area contributed by atoms with Crippen LogP contribution in [0.15, 0.2) is 23.1 Å². The minimum Gasteiger partial charge on any atom is -0.335 e. The number of aryl methyl sites for hydroxylation is 1. The molecule has 2 amide bonds. The number of nitrogens with one attached hydrogen (secondary N) is 2. The number of carbonyl (C=O) groups excluding carboxylic acids is 1. The number of carbonyl (C=O) groups is 1. The SMILES string of the molecule is Cc1nc(NC(=O)NC2CCC2)sc1-c1ccc(Cl)c(S(C)(=O)=O)c1. The lowest BCUT2D eigenvalue weighted by molar-refractivity contribution is 0.240. The van der Waals surface area contributed by atoms with Crippen LogP contribution in [-0.2, 0) is 9.84 Å². The molecule has 0 atom stereocenters. The van der Waals surface area contributed by atoms with Crippen LogP contribution in [0.2, 0.25) is 5.02 Å². The van der Waals surface area contributed by atoms with Gasteiger partial charge in [0.25, 0.3) is 0 Å². The minimum absolute atomic E-state index is 0.0803. The van der Waals surface area contributed by atoms with Crippen LogP contribution in [0.5, 0.6) is 0 Å². The fraction of sp³-hybridized carbons (Fsp3) is 0.375. The van der Waals surface area contributed by atoms with Gasteiger partial charge in [0.2, 0.25) is 0 Å². The maximum atomic E-state index is 12.0. The van der Waals surface area contributed by atoms with E-state index in [0.717, 1.165) is 30.4 Å². The highest BCUT2D eigenvalue weighted by Crippen LogP contribution is 2.35. The van der Waals surface area contributed by atoms with Gasteiger partial charge in [-0.3, -0.25) is 5.32 Å². The Balaban J connectivity index is 1.84. The van der Waals surface area contributed by atoms with Gasteiger partial charge in [-0.25, -0.2) is 18.2 Å². The van der Waals surface area contributed by atoms with Crippen LogP contribution in [0.3, 0.4) is 0 Å². The van der Waals surface area contributed by atoms with Gasteiger partial charge in [0.15, 0.2) is 15.0 Å². The van der Waals surface area contributed by atoms with E-state index in [1.165, 1.54) is 17.4 Å². The van der Waals surface area contributed by atoms with Crippen molar-refractivity contribution in [2.24, 2.45) is 0 Å². The van der Waals surface area contributed by atoms with Crippen molar-refractivity contribution in [3.63, 3.8) is 0 Å². The van der Waals surface area contributed by atoms with Crippen molar-refractivity contribution < 1.29 is 13.2 Å². The van der Waals surface area contributed by atoms with E-state index in [0.29, 0.717) is 16.4 Å². The molecule has 1 aromatic heterocycles. The third-order valence-corrected chi connectivity index (χ3v) is 6.75. The maximum Gasteiger partial charge on any atom is 0.321 e. The van der Waals surface area contributed by atoms with Gasteiger partial charge in [0, 0.05) is 12.3 Å². The quantitative estimate of drug-likeness (QED) is 0.817. The minimum atomic E-state index is -3.43. The Kier molecular flexibility index (Phi) is 5.04.